The average molecular weight is 311 g/mol. The van der Waals surface area contributed by atoms with Crippen LogP contribution in [0.2, 0.25) is 0 Å². The van der Waals surface area contributed by atoms with Gasteiger partial charge in [0.05, 0.1) is 18.8 Å². The van der Waals surface area contributed by atoms with Crippen molar-refractivity contribution in [2.24, 2.45) is 17.8 Å². The molecule has 1 heterocycles. The molecule has 4 nitrogen and oxygen atoms in total. The van der Waals surface area contributed by atoms with Gasteiger partial charge in [-0.15, -0.1) is 0 Å². The van der Waals surface area contributed by atoms with Crippen molar-refractivity contribution in [1.29, 1.82) is 0 Å². The summed E-state index contributed by atoms with van der Waals surface area (Å²) in [5, 5.41) is 3.33. The Bertz CT molecular complexity index is 385. The van der Waals surface area contributed by atoms with E-state index in [9.17, 15) is 4.79 Å². The van der Waals surface area contributed by atoms with Crippen LogP contribution in [0.1, 0.15) is 59.8 Å². The molecule has 2 fully saturated rings. The Morgan fingerprint density at radius 3 is 2.77 bits per heavy atom. The van der Waals surface area contributed by atoms with Gasteiger partial charge in [0.1, 0.15) is 0 Å². The Hall–Kier alpha value is -0.610. The Labute approximate surface area is 135 Å². The molecule has 0 radical (unpaired) electrons. The fourth-order valence-corrected chi connectivity index (χ4v) is 4.16. The van der Waals surface area contributed by atoms with Gasteiger partial charge in [0.2, 0.25) is 5.91 Å². The Morgan fingerprint density at radius 1 is 1.41 bits per heavy atom. The van der Waals surface area contributed by atoms with Crippen molar-refractivity contribution in [2.75, 3.05) is 13.7 Å². The number of ether oxygens (including phenoxy) is 2. The van der Waals surface area contributed by atoms with E-state index in [0.29, 0.717) is 24.9 Å². The highest BCUT2D eigenvalue weighted by molar-refractivity contribution is 5.77. The van der Waals surface area contributed by atoms with Crippen LogP contribution in [0.4, 0.5) is 0 Å². The molecule has 2 rings (SSSR count). The third-order valence-electron chi connectivity index (χ3n) is 5.55. The first-order valence-electron chi connectivity index (χ1n) is 8.81. The van der Waals surface area contributed by atoms with Crippen LogP contribution in [0.5, 0.6) is 0 Å². The quantitative estimate of drug-likeness (QED) is 0.848. The minimum Gasteiger partial charge on any atom is -0.384 e. The maximum atomic E-state index is 12.3. The number of fused-ring (bicyclic) bond motifs is 1. The number of carbonyl (C=O) groups excluding carboxylic acids is 1. The van der Waals surface area contributed by atoms with Crippen LogP contribution in [-0.2, 0) is 14.3 Å². The zero-order chi connectivity index (χ0) is 16.3. The van der Waals surface area contributed by atoms with Gasteiger partial charge in [0.15, 0.2) is 0 Å². The highest BCUT2D eigenvalue weighted by Crippen LogP contribution is 2.45. The molecule has 0 unspecified atom stereocenters. The molecule has 5 atom stereocenters. The molecule has 1 saturated heterocycles. The molecule has 1 amide bonds. The van der Waals surface area contributed by atoms with Crippen molar-refractivity contribution in [3.63, 3.8) is 0 Å². The molecule has 1 aliphatic carbocycles. The Morgan fingerprint density at radius 2 is 2.14 bits per heavy atom. The van der Waals surface area contributed by atoms with Crippen LogP contribution in [0, 0.1) is 17.8 Å². The van der Waals surface area contributed by atoms with Crippen molar-refractivity contribution in [3.8, 4) is 0 Å². The molecule has 0 spiro atoms. The van der Waals surface area contributed by atoms with Crippen LogP contribution >= 0.6 is 0 Å². The number of methoxy groups -OCH3 is 1. The zero-order valence-corrected chi connectivity index (χ0v) is 14.9. The molecule has 0 aromatic rings. The predicted molar refractivity (Wildman–Crippen MR) is 87.7 cm³/mol. The fourth-order valence-electron chi connectivity index (χ4n) is 4.16. The van der Waals surface area contributed by atoms with Gasteiger partial charge >= 0.3 is 0 Å². The second-order valence-electron chi connectivity index (χ2n) is 7.89. The van der Waals surface area contributed by atoms with Crippen molar-refractivity contribution in [2.45, 2.75) is 77.5 Å². The van der Waals surface area contributed by atoms with Gasteiger partial charge in [-0.1, -0.05) is 27.2 Å². The lowest BCUT2D eigenvalue weighted by Crippen LogP contribution is -2.62. The first kappa shape index (κ1) is 17.7. The predicted octanol–water partition coefficient (Wildman–Crippen LogP) is 3.15. The monoisotopic (exact) mass is 311 g/mol. The third kappa shape index (κ3) is 4.02. The third-order valence-corrected chi connectivity index (χ3v) is 5.55. The van der Waals surface area contributed by atoms with Crippen molar-refractivity contribution < 1.29 is 14.3 Å². The number of hydrogen-bond donors (Lipinski definition) is 1. The summed E-state index contributed by atoms with van der Waals surface area (Å²) in [5.74, 6) is 1.74. The van der Waals surface area contributed by atoms with E-state index in [-0.39, 0.29) is 23.7 Å². The van der Waals surface area contributed by atoms with E-state index in [4.69, 9.17) is 9.47 Å². The highest BCUT2D eigenvalue weighted by atomic mass is 16.5. The molecule has 4 heteroatoms. The summed E-state index contributed by atoms with van der Waals surface area (Å²) in [5.41, 5.74) is -0.150. The molecule has 2 aliphatic rings. The molecule has 1 aliphatic heterocycles. The van der Waals surface area contributed by atoms with E-state index < -0.39 is 0 Å². The van der Waals surface area contributed by atoms with Crippen LogP contribution < -0.4 is 5.32 Å². The van der Waals surface area contributed by atoms with Crippen molar-refractivity contribution in [1.82, 2.24) is 5.32 Å². The maximum absolute atomic E-state index is 12.3. The molecular formula is C18H33NO3. The average Bonchev–Trinajstić information content (AvgIpc) is 2.44. The Kier molecular flexibility index (Phi) is 5.89. The van der Waals surface area contributed by atoms with E-state index in [2.05, 4.69) is 33.0 Å². The summed E-state index contributed by atoms with van der Waals surface area (Å²) in [6, 6.07) is 0. The van der Waals surface area contributed by atoms with Crippen molar-refractivity contribution >= 4 is 5.91 Å². The molecule has 0 aromatic carbocycles. The highest BCUT2D eigenvalue weighted by Gasteiger charge is 2.49. The number of nitrogens with one attached hydrogen (secondary N) is 1. The number of amides is 1. The van der Waals surface area contributed by atoms with Gasteiger partial charge in [0, 0.05) is 25.0 Å². The lowest BCUT2D eigenvalue weighted by atomic mass is 9.66. The molecule has 22 heavy (non-hydrogen) atoms. The summed E-state index contributed by atoms with van der Waals surface area (Å²) < 4.78 is 11.4. The standard InChI is InChI=1S/C18H33NO3/c1-12(2)16-11-18(4,19-17(20)8-9-21-5)14-7-6-13(3)10-15(14)22-16/h12-16H,6-11H2,1-5H3,(H,19,20)/t13-,14-,15-,16-,18-/m1/s1. The van der Waals surface area contributed by atoms with Gasteiger partial charge in [0.25, 0.3) is 0 Å². The van der Waals surface area contributed by atoms with Gasteiger partial charge < -0.3 is 14.8 Å². The normalized spacial score (nSPS) is 38.6. The van der Waals surface area contributed by atoms with E-state index >= 15 is 0 Å². The van der Waals surface area contributed by atoms with Crippen molar-refractivity contribution in [3.05, 3.63) is 0 Å². The molecule has 128 valence electrons. The van der Waals surface area contributed by atoms with Crippen LogP contribution in [0.15, 0.2) is 0 Å². The van der Waals surface area contributed by atoms with Crippen LogP contribution in [0.3, 0.4) is 0 Å². The van der Waals surface area contributed by atoms with E-state index in [1.807, 2.05) is 0 Å². The SMILES string of the molecule is COCCC(=O)N[C@]1(C)C[C@H](C(C)C)O[C@@H]2C[C@H](C)CC[C@H]21. The summed E-state index contributed by atoms with van der Waals surface area (Å²) in [7, 11) is 1.64. The number of rotatable bonds is 5. The number of carbonyl (C=O) groups is 1. The summed E-state index contributed by atoms with van der Waals surface area (Å²) >= 11 is 0. The lowest BCUT2D eigenvalue weighted by Gasteiger charge is -2.53. The topological polar surface area (TPSA) is 47.6 Å². The number of hydrogen-bond acceptors (Lipinski definition) is 3. The smallest absolute Gasteiger partial charge is 0.222 e. The minimum atomic E-state index is -0.150. The van der Waals surface area contributed by atoms with Crippen LogP contribution in [-0.4, -0.2) is 37.4 Å². The second-order valence-corrected chi connectivity index (χ2v) is 7.89. The molecule has 0 aromatic heterocycles. The van der Waals surface area contributed by atoms with Gasteiger partial charge in [-0.2, -0.15) is 0 Å². The first-order chi connectivity index (χ1) is 10.4. The van der Waals surface area contributed by atoms with E-state index in [0.717, 1.165) is 25.2 Å². The molecule has 1 saturated carbocycles. The van der Waals surface area contributed by atoms with E-state index in [1.54, 1.807) is 7.11 Å². The molecule has 0 bridgehead atoms. The summed E-state index contributed by atoms with van der Waals surface area (Å²) in [6.07, 6.45) is 5.39. The Balaban J connectivity index is 2.12. The van der Waals surface area contributed by atoms with Crippen LogP contribution in [0.25, 0.3) is 0 Å². The maximum Gasteiger partial charge on any atom is 0.222 e. The van der Waals surface area contributed by atoms with Gasteiger partial charge in [-0.3, -0.25) is 4.79 Å². The van der Waals surface area contributed by atoms with E-state index in [1.165, 1.54) is 6.42 Å². The summed E-state index contributed by atoms with van der Waals surface area (Å²) in [4.78, 5) is 12.3. The minimum absolute atomic E-state index is 0.103. The molecule has 1 N–H and O–H groups in total. The lowest BCUT2D eigenvalue weighted by molar-refractivity contribution is -0.162. The zero-order valence-electron chi connectivity index (χ0n) is 14.9. The fraction of sp³-hybridized carbons (Fsp3) is 0.944. The largest absolute Gasteiger partial charge is 0.384 e. The molecular weight excluding hydrogens is 278 g/mol. The second kappa shape index (κ2) is 7.31. The van der Waals surface area contributed by atoms with Gasteiger partial charge in [-0.05, 0) is 38.0 Å². The van der Waals surface area contributed by atoms with Gasteiger partial charge in [-0.25, -0.2) is 0 Å². The summed E-state index contributed by atoms with van der Waals surface area (Å²) in [6.45, 7) is 9.45. The first-order valence-corrected chi connectivity index (χ1v) is 8.81.